The van der Waals surface area contributed by atoms with E-state index in [2.05, 4.69) is 39.8 Å². The van der Waals surface area contributed by atoms with Gasteiger partial charge < -0.3 is 9.64 Å². The van der Waals surface area contributed by atoms with E-state index < -0.39 is 0 Å². The molecule has 15 heavy (non-hydrogen) atoms. The molecule has 0 aliphatic heterocycles. The second kappa shape index (κ2) is 10.4. The number of ether oxygens (including phenoxy) is 1. The summed E-state index contributed by atoms with van der Waals surface area (Å²) in [6.45, 7) is 10.7. The van der Waals surface area contributed by atoms with Crippen molar-refractivity contribution < 1.29 is 4.74 Å². The van der Waals surface area contributed by atoms with Crippen LogP contribution in [0.25, 0.3) is 0 Å². The highest BCUT2D eigenvalue weighted by atomic mass is 16.5. The Bertz CT molecular complexity index is 126. The number of methoxy groups -OCH3 is 1. The maximum absolute atomic E-state index is 5.41. The van der Waals surface area contributed by atoms with Crippen LogP contribution in [0.3, 0.4) is 0 Å². The fraction of sp³-hybridized carbons (Fsp3) is 1.00. The van der Waals surface area contributed by atoms with Crippen LogP contribution in [-0.2, 0) is 4.74 Å². The summed E-state index contributed by atoms with van der Waals surface area (Å²) in [5.41, 5.74) is 0. The lowest BCUT2D eigenvalue weighted by Gasteiger charge is -2.34. The van der Waals surface area contributed by atoms with Crippen LogP contribution in [0.4, 0.5) is 0 Å². The monoisotopic (exact) mass is 217 g/mol. The first-order chi connectivity index (χ1) is 7.08. The number of nitrogens with zero attached hydrogens (tertiary/aromatic N) is 1. The molecule has 0 amide bonds. The molecule has 0 N–H and O–H groups in total. The highest BCUT2D eigenvalue weighted by molar-refractivity contribution is 4.78. The van der Waals surface area contributed by atoms with Crippen LogP contribution in [0.1, 0.15) is 47.5 Å². The topological polar surface area (TPSA) is 12.5 Å². The number of rotatable bonds is 6. The van der Waals surface area contributed by atoms with Gasteiger partial charge in [0.25, 0.3) is 0 Å². The van der Waals surface area contributed by atoms with Crippen molar-refractivity contribution in [2.45, 2.75) is 59.6 Å². The van der Waals surface area contributed by atoms with E-state index in [4.69, 9.17) is 4.74 Å². The molecule has 0 aromatic heterocycles. The zero-order valence-corrected chi connectivity index (χ0v) is 12.0. The Labute approximate surface area is 97.0 Å². The third kappa shape index (κ3) is 6.16. The summed E-state index contributed by atoms with van der Waals surface area (Å²) in [6, 6.07) is 0.639. The van der Waals surface area contributed by atoms with Gasteiger partial charge >= 0.3 is 0 Å². The van der Waals surface area contributed by atoms with Crippen molar-refractivity contribution in [3.05, 3.63) is 0 Å². The molecular formula is C13H31NO. The molecule has 2 nitrogen and oxygen atoms in total. The minimum Gasteiger partial charge on any atom is -0.381 e. The van der Waals surface area contributed by atoms with E-state index in [9.17, 15) is 0 Å². The molecule has 0 saturated heterocycles. The normalized spacial score (nSPS) is 16.6. The molecule has 0 rings (SSSR count). The third-order valence-corrected chi connectivity index (χ3v) is 3.02. The second-order valence-electron chi connectivity index (χ2n) is 3.95. The quantitative estimate of drug-likeness (QED) is 0.676. The molecule has 0 aliphatic rings. The van der Waals surface area contributed by atoms with Gasteiger partial charge in [-0.05, 0) is 33.9 Å². The largest absolute Gasteiger partial charge is 0.381 e. The summed E-state index contributed by atoms with van der Waals surface area (Å²) < 4.78 is 5.41. The van der Waals surface area contributed by atoms with E-state index in [1.54, 1.807) is 7.11 Å². The molecule has 2 heteroatoms. The molecule has 2 unspecified atom stereocenters. The van der Waals surface area contributed by atoms with Gasteiger partial charge in [0.05, 0.1) is 6.10 Å². The minimum atomic E-state index is 0.359. The zero-order valence-electron chi connectivity index (χ0n) is 12.0. The van der Waals surface area contributed by atoms with Crippen molar-refractivity contribution in [1.29, 1.82) is 0 Å². The van der Waals surface area contributed by atoms with Gasteiger partial charge in [-0.15, -0.1) is 0 Å². The third-order valence-electron chi connectivity index (χ3n) is 3.02. The lowest BCUT2D eigenvalue weighted by molar-refractivity contribution is 0.0252. The average molecular weight is 217 g/mol. The van der Waals surface area contributed by atoms with Gasteiger partial charge in [0, 0.05) is 19.1 Å². The molecule has 0 spiro atoms. The molecule has 0 fully saturated rings. The van der Waals surface area contributed by atoms with Crippen LogP contribution in [0.2, 0.25) is 0 Å². The summed E-state index contributed by atoms with van der Waals surface area (Å²) in [4.78, 5) is 2.31. The fourth-order valence-corrected chi connectivity index (χ4v) is 2.14. The Morgan fingerprint density at radius 3 is 1.73 bits per heavy atom. The summed E-state index contributed by atoms with van der Waals surface area (Å²) in [5, 5.41) is 0. The number of hydrogen-bond donors (Lipinski definition) is 0. The first-order valence-corrected chi connectivity index (χ1v) is 6.27. The maximum Gasteiger partial charge on any atom is 0.0586 e. The standard InChI is InChI=1S/C11H25NO.C2H6/c1-7-10(9(3)13-6)11(8-2)12(4)5;1-2/h9-11H,7-8H2,1-6H3;1-2H3/t9-,10?,11?;/m0./s1. The Hall–Kier alpha value is -0.0800. The highest BCUT2D eigenvalue weighted by Gasteiger charge is 2.25. The molecule has 0 aromatic carbocycles. The van der Waals surface area contributed by atoms with E-state index in [1.165, 1.54) is 12.8 Å². The molecule has 0 bridgehead atoms. The maximum atomic E-state index is 5.41. The van der Waals surface area contributed by atoms with Gasteiger partial charge in [0.1, 0.15) is 0 Å². The smallest absolute Gasteiger partial charge is 0.0586 e. The Morgan fingerprint density at radius 2 is 1.53 bits per heavy atom. The first-order valence-electron chi connectivity index (χ1n) is 6.27. The zero-order chi connectivity index (χ0) is 12.4. The van der Waals surface area contributed by atoms with Crippen LogP contribution in [-0.4, -0.2) is 38.3 Å². The fourth-order valence-electron chi connectivity index (χ4n) is 2.14. The van der Waals surface area contributed by atoms with Gasteiger partial charge in [-0.3, -0.25) is 0 Å². The van der Waals surface area contributed by atoms with Crippen LogP contribution in [0.5, 0.6) is 0 Å². The molecule has 0 radical (unpaired) electrons. The summed E-state index contributed by atoms with van der Waals surface area (Å²) in [7, 11) is 6.11. The Balaban J connectivity index is 0. The van der Waals surface area contributed by atoms with Gasteiger partial charge in [0.2, 0.25) is 0 Å². The molecular weight excluding hydrogens is 186 g/mol. The lowest BCUT2D eigenvalue weighted by atomic mass is 9.89. The van der Waals surface area contributed by atoms with Crippen molar-refractivity contribution in [3.8, 4) is 0 Å². The summed E-state index contributed by atoms with van der Waals surface area (Å²) >= 11 is 0. The molecule has 94 valence electrons. The van der Waals surface area contributed by atoms with Crippen molar-refractivity contribution in [2.75, 3.05) is 21.2 Å². The molecule has 3 atom stereocenters. The Kier molecular flexibility index (Phi) is 12.1. The lowest BCUT2D eigenvalue weighted by Crippen LogP contribution is -2.40. The van der Waals surface area contributed by atoms with E-state index >= 15 is 0 Å². The average Bonchev–Trinajstić information content (AvgIpc) is 2.26. The molecule has 0 heterocycles. The van der Waals surface area contributed by atoms with Crippen molar-refractivity contribution in [1.82, 2.24) is 4.90 Å². The van der Waals surface area contributed by atoms with E-state index in [-0.39, 0.29) is 0 Å². The Morgan fingerprint density at radius 1 is 1.07 bits per heavy atom. The van der Waals surface area contributed by atoms with Crippen molar-refractivity contribution in [3.63, 3.8) is 0 Å². The number of hydrogen-bond acceptors (Lipinski definition) is 2. The molecule has 0 saturated carbocycles. The SMILES string of the molecule is CC.CCC(C(CC)N(C)C)[C@H](C)OC. The molecule has 0 aromatic rings. The van der Waals surface area contributed by atoms with Crippen LogP contribution in [0.15, 0.2) is 0 Å². The summed E-state index contributed by atoms with van der Waals surface area (Å²) in [6.07, 6.45) is 2.74. The van der Waals surface area contributed by atoms with E-state index in [1.807, 2.05) is 13.8 Å². The van der Waals surface area contributed by atoms with Crippen molar-refractivity contribution in [2.24, 2.45) is 5.92 Å². The van der Waals surface area contributed by atoms with Crippen LogP contribution in [0, 0.1) is 5.92 Å². The summed E-state index contributed by atoms with van der Waals surface area (Å²) in [5.74, 6) is 0.644. The second-order valence-corrected chi connectivity index (χ2v) is 3.95. The van der Waals surface area contributed by atoms with Gasteiger partial charge in [-0.2, -0.15) is 0 Å². The van der Waals surface area contributed by atoms with E-state index in [0.717, 1.165) is 0 Å². The first kappa shape index (κ1) is 17.3. The predicted molar refractivity (Wildman–Crippen MR) is 69.4 cm³/mol. The predicted octanol–water partition coefficient (Wildman–Crippen LogP) is 3.41. The highest BCUT2D eigenvalue weighted by Crippen LogP contribution is 2.21. The van der Waals surface area contributed by atoms with E-state index in [0.29, 0.717) is 18.1 Å². The van der Waals surface area contributed by atoms with Gasteiger partial charge in [-0.25, -0.2) is 0 Å². The van der Waals surface area contributed by atoms with Crippen LogP contribution >= 0.6 is 0 Å². The van der Waals surface area contributed by atoms with Crippen LogP contribution < -0.4 is 0 Å². The van der Waals surface area contributed by atoms with Gasteiger partial charge in [0.15, 0.2) is 0 Å². The van der Waals surface area contributed by atoms with Crippen molar-refractivity contribution >= 4 is 0 Å². The minimum absolute atomic E-state index is 0.359. The van der Waals surface area contributed by atoms with Gasteiger partial charge in [-0.1, -0.05) is 27.7 Å². The molecule has 0 aliphatic carbocycles.